The molecule has 3 aromatic heterocycles. The number of pyridine rings is 1. The fraction of sp³-hybridized carbons (Fsp3) is 0.263. The van der Waals surface area contributed by atoms with Crippen LogP contribution in [0.5, 0.6) is 0 Å². The van der Waals surface area contributed by atoms with E-state index < -0.39 is 0 Å². The number of anilines is 1. The number of nitrogens with zero attached hydrogens (tertiary/aromatic N) is 3. The number of aromatic amines is 2. The van der Waals surface area contributed by atoms with Crippen LogP contribution >= 0.6 is 0 Å². The predicted octanol–water partition coefficient (Wildman–Crippen LogP) is 2.09. The monoisotopic (exact) mass is 349 g/mol. The quantitative estimate of drug-likeness (QED) is 0.594. The lowest BCUT2D eigenvalue weighted by atomic mass is 10.1. The first-order chi connectivity index (χ1) is 12.8. The van der Waals surface area contributed by atoms with E-state index in [2.05, 4.69) is 32.0 Å². The van der Waals surface area contributed by atoms with Gasteiger partial charge < -0.3 is 19.6 Å². The van der Waals surface area contributed by atoms with Crippen LogP contribution in [0.1, 0.15) is 5.56 Å². The molecule has 0 saturated carbocycles. The van der Waals surface area contributed by atoms with Crippen molar-refractivity contribution in [2.24, 2.45) is 0 Å². The summed E-state index contributed by atoms with van der Waals surface area (Å²) in [7, 11) is 0. The number of hydrogen-bond acceptors (Lipinski definition) is 4. The molecule has 0 unspecified atom stereocenters. The zero-order valence-corrected chi connectivity index (χ0v) is 14.2. The molecule has 132 valence electrons. The maximum atomic E-state index is 12.6. The van der Waals surface area contributed by atoms with Gasteiger partial charge in [-0.25, -0.2) is 9.78 Å². The average molecular weight is 349 g/mol. The van der Waals surface area contributed by atoms with Crippen molar-refractivity contribution in [3.05, 3.63) is 58.8 Å². The lowest BCUT2D eigenvalue weighted by Crippen LogP contribution is -2.37. The first-order valence-corrected chi connectivity index (χ1v) is 8.76. The Morgan fingerprint density at radius 3 is 2.88 bits per heavy atom. The Morgan fingerprint density at radius 2 is 2.00 bits per heavy atom. The van der Waals surface area contributed by atoms with Gasteiger partial charge in [0.15, 0.2) is 0 Å². The van der Waals surface area contributed by atoms with Crippen LogP contribution in [-0.2, 0) is 11.3 Å². The second-order valence-electron chi connectivity index (χ2n) is 6.50. The molecule has 0 radical (unpaired) electrons. The third kappa shape index (κ3) is 2.40. The molecular weight excluding hydrogens is 330 g/mol. The number of aromatic nitrogens is 4. The Bertz CT molecular complexity index is 1130. The van der Waals surface area contributed by atoms with Gasteiger partial charge in [0.2, 0.25) is 0 Å². The van der Waals surface area contributed by atoms with E-state index in [0.29, 0.717) is 6.54 Å². The molecule has 4 heterocycles. The van der Waals surface area contributed by atoms with Crippen LogP contribution in [-0.4, -0.2) is 45.8 Å². The van der Waals surface area contributed by atoms with Gasteiger partial charge in [-0.15, -0.1) is 0 Å². The molecule has 1 aliphatic rings. The molecule has 5 rings (SSSR count). The number of benzene rings is 1. The second kappa shape index (κ2) is 6.03. The molecule has 0 amide bonds. The van der Waals surface area contributed by atoms with E-state index >= 15 is 0 Å². The fourth-order valence-electron chi connectivity index (χ4n) is 3.74. The molecule has 7 nitrogen and oxygen atoms in total. The smallest absolute Gasteiger partial charge is 0.326 e. The van der Waals surface area contributed by atoms with Crippen molar-refractivity contribution in [3.63, 3.8) is 0 Å². The molecule has 1 fully saturated rings. The van der Waals surface area contributed by atoms with E-state index in [9.17, 15) is 4.79 Å². The van der Waals surface area contributed by atoms with E-state index in [1.165, 1.54) is 0 Å². The molecule has 7 heteroatoms. The van der Waals surface area contributed by atoms with Gasteiger partial charge in [-0.05, 0) is 17.7 Å². The summed E-state index contributed by atoms with van der Waals surface area (Å²) in [5, 5.41) is 0.949. The lowest BCUT2D eigenvalue weighted by molar-refractivity contribution is 0.122. The molecule has 0 atom stereocenters. The van der Waals surface area contributed by atoms with E-state index in [4.69, 9.17) is 4.74 Å². The Morgan fingerprint density at radius 1 is 1.15 bits per heavy atom. The van der Waals surface area contributed by atoms with Crippen molar-refractivity contribution in [2.75, 3.05) is 31.2 Å². The minimum Gasteiger partial charge on any atom is -0.378 e. The number of hydrogen-bond donors (Lipinski definition) is 2. The maximum Gasteiger partial charge on any atom is 0.326 e. The number of imidazole rings is 1. The van der Waals surface area contributed by atoms with Gasteiger partial charge in [0, 0.05) is 30.4 Å². The molecule has 1 saturated heterocycles. The molecule has 2 N–H and O–H groups in total. The molecule has 1 aliphatic heterocycles. The fourth-order valence-corrected chi connectivity index (χ4v) is 3.74. The molecule has 4 aromatic rings. The van der Waals surface area contributed by atoms with Crippen molar-refractivity contribution < 1.29 is 4.74 Å². The van der Waals surface area contributed by atoms with Crippen LogP contribution in [0.25, 0.3) is 22.1 Å². The molecule has 1 aromatic carbocycles. The van der Waals surface area contributed by atoms with Crippen molar-refractivity contribution in [1.82, 2.24) is 19.5 Å². The average Bonchev–Trinajstić information content (AvgIpc) is 3.27. The van der Waals surface area contributed by atoms with Gasteiger partial charge in [-0.1, -0.05) is 18.2 Å². The summed E-state index contributed by atoms with van der Waals surface area (Å²) in [4.78, 5) is 25.4. The summed E-state index contributed by atoms with van der Waals surface area (Å²) >= 11 is 0. The van der Waals surface area contributed by atoms with Crippen LogP contribution < -0.4 is 10.6 Å². The first-order valence-electron chi connectivity index (χ1n) is 8.76. The Hall–Kier alpha value is -3.06. The SMILES string of the molecule is O=c1[nH]c2cnc3[nH]ccc3c2n1Cc1ccccc1N1CCOCC1. The molecule has 0 spiro atoms. The summed E-state index contributed by atoms with van der Waals surface area (Å²) in [5.74, 6) is 0. The van der Waals surface area contributed by atoms with E-state index in [0.717, 1.165) is 59.6 Å². The highest BCUT2D eigenvalue weighted by atomic mass is 16.5. The van der Waals surface area contributed by atoms with E-state index in [-0.39, 0.29) is 5.69 Å². The Kier molecular flexibility index (Phi) is 3.53. The number of morpholine rings is 1. The lowest BCUT2D eigenvalue weighted by Gasteiger charge is -2.30. The van der Waals surface area contributed by atoms with Crippen molar-refractivity contribution in [3.8, 4) is 0 Å². The highest BCUT2D eigenvalue weighted by molar-refractivity contribution is 6.00. The summed E-state index contributed by atoms with van der Waals surface area (Å²) in [6.07, 6.45) is 3.56. The summed E-state index contributed by atoms with van der Waals surface area (Å²) < 4.78 is 7.27. The number of rotatable bonds is 3. The van der Waals surface area contributed by atoms with Crippen molar-refractivity contribution in [1.29, 1.82) is 0 Å². The van der Waals surface area contributed by atoms with Crippen LogP contribution in [0.3, 0.4) is 0 Å². The molecule has 0 bridgehead atoms. The Balaban J connectivity index is 1.63. The van der Waals surface area contributed by atoms with Gasteiger partial charge in [-0.2, -0.15) is 0 Å². The number of para-hydroxylation sites is 1. The Labute approximate surface area is 149 Å². The summed E-state index contributed by atoms with van der Waals surface area (Å²) in [6, 6.07) is 10.2. The number of ether oxygens (including phenoxy) is 1. The van der Waals surface area contributed by atoms with Gasteiger partial charge in [0.05, 0.1) is 37.0 Å². The van der Waals surface area contributed by atoms with Crippen LogP contribution in [0.2, 0.25) is 0 Å². The van der Waals surface area contributed by atoms with E-state index in [1.54, 1.807) is 10.8 Å². The predicted molar refractivity (Wildman–Crippen MR) is 101 cm³/mol. The standard InChI is InChI=1S/C19H19N5O2/c25-19-22-15-11-21-18-14(5-6-20-18)17(15)24(19)12-13-3-1-2-4-16(13)23-7-9-26-10-8-23/h1-6,11H,7-10,12H2,(H,20,21)(H,22,25). The first kappa shape index (κ1) is 15.2. The van der Waals surface area contributed by atoms with Crippen molar-refractivity contribution in [2.45, 2.75) is 6.54 Å². The van der Waals surface area contributed by atoms with Crippen LogP contribution in [0.15, 0.2) is 47.5 Å². The number of nitrogens with one attached hydrogen (secondary N) is 2. The minimum atomic E-state index is -0.118. The molecule has 0 aliphatic carbocycles. The van der Waals surface area contributed by atoms with Gasteiger partial charge in [0.1, 0.15) is 5.65 Å². The van der Waals surface area contributed by atoms with Gasteiger partial charge >= 0.3 is 5.69 Å². The van der Waals surface area contributed by atoms with E-state index in [1.807, 2.05) is 24.4 Å². The number of H-pyrrole nitrogens is 2. The zero-order chi connectivity index (χ0) is 17.5. The van der Waals surface area contributed by atoms with Gasteiger partial charge in [0.25, 0.3) is 0 Å². The van der Waals surface area contributed by atoms with Crippen molar-refractivity contribution >= 4 is 27.8 Å². The minimum absolute atomic E-state index is 0.118. The largest absolute Gasteiger partial charge is 0.378 e. The topological polar surface area (TPSA) is 78.9 Å². The van der Waals surface area contributed by atoms with Crippen LogP contribution in [0.4, 0.5) is 5.69 Å². The summed E-state index contributed by atoms with van der Waals surface area (Å²) in [5.41, 5.74) is 4.59. The highest BCUT2D eigenvalue weighted by Gasteiger charge is 2.17. The van der Waals surface area contributed by atoms with Gasteiger partial charge in [-0.3, -0.25) is 4.57 Å². The third-order valence-corrected chi connectivity index (χ3v) is 4.99. The summed E-state index contributed by atoms with van der Waals surface area (Å²) in [6.45, 7) is 3.71. The zero-order valence-electron chi connectivity index (χ0n) is 14.2. The molecule has 26 heavy (non-hydrogen) atoms. The third-order valence-electron chi connectivity index (χ3n) is 4.99. The second-order valence-corrected chi connectivity index (χ2v) is 6.50. The number of fused-ring (bicyclic) bond motifs is 3. The normalized spacial score (nSPS) is 15.2. The molecular formula is C19H19N5O2. The maximum absolute atomic E-state index is 12.6. The van der Waals surface area contributed by atoms with Crippen LogP contribution in [0, 0.1) is 0 Å². The highest BCUT2D eigenvalue weighted by Crippen LogP contribution is 2.25.